The van der Waals surface area contributed by atoms with E-state index in [1.54, 1.807) is 37.3 Å². The number of ether oxygens (including phenoxy) is 1. The molecule has 2 rings (SSSR count). The number of halogens is 2. The molecule has 0 aliphatic carbocycles. The van der Waals surface area contributed by atoms with Crippen molar-refractivity contribution in [2.75, 3.05) is 22.5 Å². The third-order valence-corrected chi connectivity index (χ3v) is 5.61. The minimum Gasteiger partial charge on any atom is -0.494 e. The van der Waals surface area contributed by atoms with Crippen LogP contribution in [0.2, 0.25) is 10.0 Å². The van der Waals surface area contributed by atoms with Crippen LogP contribution in [0.15, 0.2) is 42.5 Å². The van der Waals surface area contributed by atoms with E-state index in [2.05, 4.69) is 5.32 Å². The molecule has 0 fully saturated rings. The molecule has 0 aliphatic heterocycles. The zero-order valence-corrected chi connectivity index (χ0v) is 18.1. The van der Waals surface area contributed by atoms with Gasteiger partial charge in [-0.3, -0.25) is 9.10 Å². The van der Waals surface area contributed by atoms with Crippen molar-refractivity contribution in [1.82, 2.24) is 0 Å². The number of sulfonamides is 1. The maximum atomic E-state index is 12.9. The maximum absolute atomic E-state index is 12.9. The van der Waals surface area contributed by atoms with E-state index in [9.17, 15) is 13.2 Å². The van der Waals surface area contributed by atoms with Gasteiger partial charge in [0.05, 0.1) is 23.6 Å². The number of carbonyl (C=O) groups is 1. The minimum atomic E-state index is -3.82. The molecule has 0 heterocycles. The van der Waals surface area contributed by atoms with E-state index in [1.807, 2.05) is 6.92 Å². The number of hydrogen-bond acceptors (Lipinski definition) is 4. The highest BCUT2D eigenvalue weighted by atomic mass is 35.5. The zero-order valence-electron chi connectivity index (χ0n) is 15.8. The van der Waals surface area contributed by atoms with E-state index in [-0.39, 0.29) is 17.1 Å². The third kappa shape index (κ3) is 5.53. The summed E-state index contributed by atoms with van der Waals surface area (Å²) in [5.74, 6) is 0.115. The molecule has 6 nitrogen and oxygen atoms in total. The maximum Gasteiger partial charge on any atom is 0.248 e. The van der Waals surface area contributed by atoms with Crippen molar-refractivity contribution in [3.05, 3.63) is 52.5 Å². The highest BCUT2D eigenvalue weighted by Crippen LogP contribution is 2.33. The lowest BCUT2D eigenvalue weighted by Crippen LogP contribution is -2.47. The van der Waals surface area contributed by atoms with Crippen molar-refractivity contribution in [3.63, 3.8) is 0 Å². The fourth-order valence-corrected chi connectivity index (χ4v) is 4.39. The van der Waals surface area contributed by atoms with Gasteiger partial charge in [-0.1, -0.05) is 36.2 Å². The van der Waals surface area contributed by atoms with E-state index < -0.39 is 22.0 Å². The molecule has 0 aliphatic rings. The summed E-state index contributed by atoms with van der Waals surface area (Å²) in [5.41, 5.74) is 0.654. The Kier molecular flexibility index (Phi) is 7.57. The first-order chi connectivity index (χ1) is 13.2. The third-order valence-electron chi connectivity index (χ3n) is 3.89. The Balaban J connectivity index is 2.39. The second-order valence-corrected chi connectivity index (χ2v) is 8.73. The van der Waals surface area contributed by atoms with Crippen LogP contribution in [0.3, 0.4) is 0 Å². The molecule has 1 atom stereocenters. The van der Waals surface area contributed by atoms with Gasteiger partial charge in [0, 0.05) is 16.8 Å². The summed E-state index contributed by atoms with van der Waals surface area (Å²) in [6.07, 6.45) is 1.25. The topological polar surface area (TPSA) is 75.7 Å². The molecular formula is C19H22Cl2N2O4S. The second kappa shape index (κ2) is 9.49. The number of amides is 1. The summed E-state index contributed by atoms with van der Waals surface area (Å²) in [5, 5.41) is 3.24. The Morgan fingerprint density at radius 2 is 1.89 bits per heavy atom. The molecule has 1 N–H and O–H groups in total. The van der Waals surface area contributed by atoms with Crippen LogP contribution >= 0.6 is 23.2 Å². The van der Waals surface area contributed by atoms with Gasteiger partial charge in [-0.05, 0) is 43.7 Å². The molecular weight excluding hydrogens is 423 g/mol. The molecule has 0 saturated heterocycles. The fraction of sp³-hybridized carbons (Fsp3) is 0.316. The smallest absolute Gasteiger partial charge is 0.248 e. The molecule has 9 heteroatoms. The Labute approximate surface area is 175 Å². The largest absolute Gasteiger partial charge is 0.494 e. The number of nitrogens with one attached hydrogen (secondary N) is 1. The summed E-state index contributed by atoms with van der Waals surface area (Å²) in [6.45, 7) is 4.07. The molecule has 28 heavy (non-hydrogen) atoms. The van der Waals surface area contributed by atoms with Crippen molar-refractivity contribution >= 4 is 50.5 Å². The number of carbonyl (C=O) groups excluding carboxylic acids is 1. The number of benzene rings is 2. The zero-order chi connectivity index (χ0) is 20.9. The van der Waals surface area contributed by atoms with Gasteiger partial charge in [-0.15, -0.1) is 0 Å². The van der Waals surface area contributed by atoms with Gasteiger partial charge >= 0.3 is 0 Å². The average Bonchev–Trinajstić information content (AvgIpc) is 2.61. The molecule has 1 amide bonds. The number of rotatable bonds is 8. The van der Waals surface area contributed by atoms with Gasteiger partial charge in [0.25, 0.3) is 0 Å². The highest BCUT2D eigenvalue weighted by Gasteiger charge is 2.33. The lowest BCUT2D eigenvalue weighted by molar-refractivity contribution is -0.117. The fourth-order valence-electron chi connectivity index (χ4n) is 2.75. The lowest BCUT2D eigenvalue weighted by atomic mass is 10.1. The van der Waals surface area contributed by atoms with Crippen molar-refractivity contribution < 1.29 is 17.9 Å². The highest BCUT2D eigenvalue weighted by molar-refractivity contribution is 7.92. The summed E-state index contributed by atoms with van der Waals surface area (Å²) in [4.78, 5) is 12.9. The second-order valence-electron chi connectivity index (χ2n) is 6.03. The number of hydrogen-bond donors (Lipinski definition) is 1. The van der Waals surface area contributed by atoms with Crippen LogP contribution in [0.1, 0.15) is 20.3 Å². The summed E-state index contributed by atoms with van der Waals surface area (Å²) < 4.78 is 31.5. The van der Waals surface area contributed by atoms with E-state index in [1.165, 1.54) is 12.1 Å². The van der Waals surface area contributed by atoms with Crippen molar-refractivity contribution in [3.8, 4) is 5.75 Å². The standard InChI is InChI=1S/C19H22Cl2N2O4S/c1-4-17(19(24)22-14-7-6-8-15(12-14)27-5-2)23(28(3,25)26)18-11-13(20)9-10-16(18)21/h6-12,17H,4-5H2,1-3H3,(H,22,24)/t17-/m1/s1. The Morgan fingerprint density at radius 3 is 2.50 bits per heavy atom. The predicted octanol–water partition coefficient (Wildman–Crippen LogP) is 4.58. The SMILES string of the molecule is CCOc1cccc(NC(=O)[C@@H](CC)N(c2cc(Cl)ccc2Cl)S(C)(=O)=O)c1. The molecule has 2 aromatic carbocycles. The van der Waals surface area contributed by atoms with Crippen LogP contribution in [0, 0.1) is 0 Å². The van der Waals surface area contributed by atoms with Crippen LogP contribution in [-0.4, -0.2) is 33.2 Å². The molecule has 0 bridgehead atoms. The first-order valence-corrected chi connectivity index (χ1v) is 11.3. The molecule has 2 aromatic rings. The van der Waals surface area contributed by atoms with E-state index in [0.29, 0.717) is 23.1 Å². The molecule has 0 aromatic heterocycles. The van der Waals surface area contributed by atoms with E-state index in [4.69, 9.17) is 27.9 Å². The molecule has 0 saturated carbocycles. The van der Waals surface area contributed by atoms with Gasteiger partial charge in [-0.25, -0.2) is 8.42 Å². The van der Waals surface area contributed by atoms with Gasteiger partial charge in [0.2, 0.25) is 15.9 Å². The van der Waals surface area contributed by atoms with Gasteiger partial charge in [-0.2, -0.15) is 0 Å². The van der Waals surface area contributed by atoms with Gasteiger partial charge < -0.3 is 10.1 Å². The Morgan fingerprint density at radius 1 is 1.18 bits per heavy atom. The van der Waals surface area contributed by atoms with E-state index >= 15 is 0 Å². The summed E-state index contributed by atoms with van der Waals surface area (Å²) in [6, 6.07) is 10.3. The first kappa shape index (κ1) is 22.3. The Bertz CT molecular complexity index is 951. The van der Waals surface area contributed by atoms with Crippen molar-refractivity contribution in [2.24, 2.45) is 0 Å². The molecule has 0 spiro atoms. The molecule has 152 valence electrons. The number of anilines is 2. The first-order valence-electron chi connectivity index (χ1n) is 8.65. The van der Waals surface area contributed by atoms with Crippen LogP contribution in [0.25, 0.3) is 0 Å². The van der Waals surface area contributed by atoms with E-state index in [0.717, 1.165) is 10.6 Å². The Hall–Kier alpha value is -1.96. The van der Waals surface area contributed by atoms with Crippen molar-refractivity contribution in [2.45, 2.75) is 26.3 Å². The summed E-state index contributed by atoms with van der Waals surface area (Å²) in [7, 11) is -3.82. The van der Waals surface area contributed by atoms with Gasteiger partial charge in [0.15, 0.2) is 0 Å². The quantitative estimate of drug-likeness (QED) is 0.646. The number of nitrogens with zero attached hydrogens (tertiary/aromatic N) is 1. The normalized spacial score (nSPS) is 12.3. The monoisotopic (exact) mass is 444 g/mol. The van der Waals surface area contributed by atoms with Crippen LogP contribution in [0.5, 0.6) is 5.75 Å². The van der Waals surface area contributed by atoms with Crippen LogP contribution in [0.4, 0.5) is 11.4 Å². The van der Waals surface area contributed by atoms with Crippen LogP contribution in [-0.2, 0) is 14.8 Å². The summed E-state index contributed by atoms with van der Waals surface area (Å²) >= 11 is 12.2. The van der Waals surface area contributed by atoms with Crippen molar-refractivity contribution in [1.29, 1.82) is 0 Å². The molecule has 0 unspecified atom stereocenters. The minimum absolute atomic E-state index is 0.154. The predicted molar refractivity (Wildman–Crippen MR) is 114 cm³/mol. The molecule has 0 radical (unpaired) electrons. The average molecular weight is 445 g/mol. The van der Waals surface area contributed by atoms with Crippen LogP contribution < -0.4 is 14.4 Å². The lowest BCUT2D eigenvalue weighted by Gasteiger charge is -2.30. The van der Waals surface area contributed by atoms with Gasteiger partial charge in [0.1, 0.15) is 11.8 Å².